The van der Waals surface area contributed by atoms with E-state index >= 15 is 0 Å². The number of nitrogens with one attached hydrogen (secondary N) is 1. The Kier molecular flexibility index (Phi) is 3.36. The summed E-state index contributed by atoms with van der Waals surface area (Å²) in [6.07, 6.45) is 8.73. The molecule has 15 heavy (non-hydrogen) atoms. The van der Waals surface area contributed by atoms with E-state index in [9.17, 15) is 0 Å². The van der Waals surface area contributed by atoms with Gasteiger partial charge in [0.2, 0.25) is 0 Å². The van der Waals surface area contributed by atoms with Gasteiger partial charge in [0, 0.05) is 12.6 Å². The lowest BCUT2D eigenvalue weighted by Crippen LogP contribution is -2.45. The van der Waals surface area contributed by atoms with E-state index in [1.807, 2.05) is 0 Å². The fourth-order valence-corrected chi connectivity index (χ4v) is 3.83. The molecule has 1 atom stereocenters. The first-order valence-electron chi connectivity index (χ1n) is 6.51. The molecule has 0 heterocycles. The smallest absolute Gasteiger partial charge is 0.0186 e. The average molecular weight is 210 g/mol. The summed E-state index contributed by atoms with van der Waals surface area (Å²) in [6, 6.07) is 0.826. The second-order valence-electron chi connectivity index (χ2n) is 5.85. The molecule has 88 valence electrons. The maximum atomic E-state index is 3.40. The monoisotopic (exact) mass is 210 g/mol. The Labute approximate surface area is 94.4 Å². The summed E-state index contributed by atoms with van der Waals surface area (Å²) in [5.74, 6) is 0.968. The van der Waals surface area contributed by atoms with Gasteiger partial charge in [-0.3, -0.25) is 0 Å². The van der Waals surface area contributed by atoms with Gasteiger partial charge in [0.05, 0.1) is 0 Å². The van der Waals surface area contributed by atoms with Crippen molar-refractivity contribution in [3.63, 3.8) is 0 Å². The van der Waals surface area contributed by atoms with Crippen molar-refractivity contribution in [3.05, 3.63) is 0 Å². The van der Waals surface area contributed by atoms with Crippen LogP contribution in [0.3, 0.4) is 0 Å². The fourth-order valence-electron chi connectivity index (χ4n) is 3.83. The Morgan fingerprint density at radius 1 is 1.27 bits per heavy atom. The van der Waals surface area contributed by atoms with Crippen LogP contribution in [0, 0.1) is 11.3 Å². The standard InChI is InChI=1S/C13H26N2/c1-14-10-13(8-9-13)12(15(2)3)11-6-4-5-7-11/h11-12,14H,4-10H2,1-3H3. The van der Waals surface area contributed by atoms with E-state index < -0.39 is 0 Å². The van der Waals surface area contributed by atoms with Crippen molar-refractivity contribution < 1.29 is 0 Å². The Bertz CT molecular complexity index is 203. The third-order valence-corrected chi connectivity index (χ3v) is 4.45. The molecule has 2 saturated carbocycles. The lowest BCUT2D eigenvalue weighted by molar-refractivity contribution is 0.126. The van der Waals surface area contributed by atoms with Gasteiger partial charge < -0.3 is 10.2 Å². The number of rotatable bonds is 5. The second-order valence-corrected chi connectivity index (χ2v) is 5.85. The summed E-state index contributed by atoms with van der Waals surface area (Å²) >= 11 is 0. The molecule has 0 aromatic rings. The zero-order valence-corrected chi connectivity index (χ0v) is 10.6. The Morgan fingerprint density at radius 2 is 1.87 bits per heavy atom. The molecule has 1 unspecified atom stereocenters. The summed E-state index contributed by atoms with van der Waals surface area (Å²) in [4.78, 5) is 2.50. The average Bonchev–Trinajstić information content (AvgIpc) is 2.76. The predicted molar refractivity (Wildman–Crippen MR) is 65.0 cm³/mol. The second kappa shape index (κ2) is 4.42. The largest absolute Gasteiger partial charge is 0.319 e. The molecule has 0 spiro atoms. The molecule has 2 aliphatic carbocycles. The minimum Gasteiger partial charge on any atom is -0.319 e. The molecule has 2 aliphatic rings. The van der Waals surface area contributed by atoms with Gasteiger partial charge in [-0.25, -0.2) is 0 Å². The van der Waals surface area contributed by atoms with Crippen LogP contribution >= 0.6 is 0 Å². The molecule has 0 radical (unpaired) electrons. The highest BCUT2D eigenvalue weighted by Crippen LogP contribution is 2.54. The van der Waals surface area contributed by atoms with Crippen LogP contribution in [-0.2, 0) is 0 Å². The number of nitrogens with zero attached hydrogens (tertiary/aromatic N) is 1. The first-order valence-corrected chi connectivity index (χ1v) is 6.51. The highest BCUT2D eigenvalue weighted by atomic mass is 15.1. The molecule has 0 amide bonds. The molecule has 0 saturated heterocycles. The van der Waals surface area contributed by atoms with Gasteiger partial charge in [-0.2, -0.15) is 0 Å². The third-order valence-electron chi connectivity index (χ3n) is 4.45. The van der Waals surface area contributed by atoms with Crippen molar-refractivity contribution in [2.45, 2.75) is 44.6 Å². The maximum absolute atomic E-state index is 3.40. The normalized spacial score (nSPS) is 27.2. The maximum Gasteiger partial charge on any atom is 0.0186 e. The van der Waals surface area contributed by atoms with Crippen molar-refractivity contribution in [2.24, 2.45) is 11.3 Å². The zero-order chi connectivity index (χ0) is 10.9. The lowest BCUT2D eigenvalue weighted by Gasteiger charge is -2.37. The topological polar surface area (TPSA) is 15.3 Å². The van der Waals surface area contributed by atoms with Gasteiger partial charge in [0.15, 0.2) is 0 Å². The van der Waals surface area contributed by atoms with Crippen molar-refractivity contribution >= 4 is 0 Å². The van der Waals surface area contributed by atoms with E-state index in [2.05, 4.69) is 31.4 Å². The number of hydrogen-bond donors (Lipinski definition) is 1. The van der Waals surface area contributed by atoms with Gasteiger partial charge in [-0.05, 0) is 58.2 Å². The Balaban J connectivity index is 2.05. The van der Waals surface area contributed by atoms with Crippen LogP contribution in [0.4, 0.5) is 0 Å². The minimum atomic E-state index is 0.618. The zero-order valence-electron chi connectivity index (χ0n) is 10.6. The molecule has 0 aromatic carbocycles. The third kappa shape index (κ3) is 2.21. The molecule has 0 aliphatic heterocycles. The van der Waals surface area contributed by atoms with E-state index in [1.165, 1.54) is 45.1 Å². The van der Waals surface area contributed by atoms with Crippen LogP contribution in [0.15, 0.2) is 0 Å². The fraction of sp³-hybridized carbons (Fsp3) is 1.00. The van der Waals surface area contributed by atoms with Crippen molar-refractivity contribution in [1.82, 2.24) is 10.2 Å². The van der Waals surface area contributed by atoms with Gasteiger partial charge >= 0.3 is 0 Å². The van der Waals surface area contributed by atoms with Crippen molar-refractivity contribution in [3.8, 4) is 0 Å². The molecule has 1 N–H and O–H groups in total. The first-order chi connectivity index (χ1) is 7.19. The predicted octanol–water partition coefficient (Wildman–Crippen LogP) is 2.11. The quantitative estimate of drug-likeness (QED) is 0.747. The molecule has 2 heteroatoms. The van der Waals surface area contributed by atoms with E-state index in [0.29, 0.717) is 5.41 Å². The Hall–Kier alpha value is -0.0800. The molecule has 2 nitrogen and oxygen atoms in total. The van der Waals surface area contributed by atoms with Crippen molar-refractivity contribution in [2.75, 3.05) is 27.7 Å². The summed E-state index contributed by atoms with van der Waals surface area (Å²) in [5.41, 5.74) is 0.618. The van der Waals surface area contributed by atoms with E-state index in [-0.39, 0.29) is 0 Å². The van der Waals surface area contributed by atoms with Crippen LogP contribution < -0.4 is 5.32 Å². The highest BCUT2D eigenvalue weighted by molar-refractivity contribution is 5.06. The van der Waals surface area contributed by atoms with Gasteiger partial charge in [0.25, 0.3) is 0 Å². The van der Waals surface area contributed by atoms with E-state index in [1.54, 1.807) is 0 Å². The van der Waals surface area contributed by atoms with Gasteiger partial charge in [-0.1, -0.05) is 12.8 Å². The summed E-state index contributed by atoms with van der Waals surface area (Å²) in [7, 11) is 6.65. The van der Waals surface area contributed by atoms with Gasteiger partial charge in [0.1, 0.15) is 0 Å². The SMILES string of the molecule is CNCC1(C(C2CCCC2)N(C)C)CC1. The Morgan fingerprint density at radius 3 is 2.27 bits per heavy atom. The summed E-state index contributed by atoms with van der Waals surface area (Å²) in [6.45, 7) is 1.21. The first kappa shape index (κ1) is 11.4. The highest BCUT2D eigenvalue weighted by Gasteiger charge is 2.52. The lowest BCUT2D eigenvalue weighted by atomic mass is 9.83. The van der Waals surface area contributed by atoms with E-state index in [4.69, 9.17) is 0 Å². The van der Waals surface area contributed by atoms with Crippen LogP contribution in [0.5, 0.6) is 0 Å². The van der Waals surface area contributed by atoms with Crippen LogP contribution in [-0.4, -0.2) is 38.6 Å². The summed E-state index contributed by atoms with van der Waals surface area (Å²) < 4.78 is 0. The molecular weight excluding hydrogens is 184 g/mol. The van der Waals surface area contributed by atoms with Crippen LogP contribution in [0.25, 0.3) is 0 Å². The van der Waals surface area contributed by atoms with Gasteiger partial charge in [-0.15, -0.1) is 0 Å². The van der Waals surface area contributed by atoms with Crippen LogP contribution in [0.2, 0.25) is 0 Å². The molecule has 2 rings (SSSR count). The molecule has 0 aromatic heterocycles. The van der Waals surface area contributed by atoms with E-state index in [0.717, 1.165) is 12.0 Å². The molecule has 2 fully saturated rings. The minimum absolute atomic E-state index is 0.618. The van der Waals surface area contributed by atoms with Crippen LogP contribution in [0.1, 0.15) is 38.5 Å². The molecule has 0 bridgehead atoms. The van der Waals surface area contributed by atoms with Crippen molar-refractivity contribution in [1.29, 1.82) is 0 Å². The summed E-state index contributed by atoms with van der Waals surface area (Å²) in [5, 5.41) is 3.40. The number of hydrogen-bond acceptors (Lipinski definition) is 2. The molecular formula is C13H26N2.